The maximum atomic E-state index is 13.6. The van der Waals surface area contributed by atoms with Gasteiger partial charge in [-0.3, -0.25) is 0 Å². The molecule has 1 atom stereocenters. The van der Waals surface area contributed by atoms with Gasteiger partial charge in [0.25, 0.3) is 8.32 Å². The Kier molecular flexibility index (Phi) is 7.06. The van der Waals surface area contributed by atoms with Crippen molar-refractivity contribution in [3.63, 3.8) is 0 Å². The standard InChI is InChI=1S/C36H48O3Si2/c1-22(2)41(23(3)4,24(5)6)39-27-15-18-30-33(21-27)40(11,12)32-19-25(7)13-17-29(32)36(30)31-20-26(35(8,9)10)14-16-28(31)34(37)38-36/h13-24H,1-12H3. The Bertz CT molecular complexity index is 1500. The second-order valence-corrected chi connectivity index (χ2v) is 24.6. The van der Waals surface area contributed by atoms with E-state index in [-0.39, 0.29) is 11.4 Å². The molecule has 0 saturated carbocycles. The van der Waals surface area contributed by atoms with Crippen molar-refractivity contribution in [1.82, 2.24) is 0 Å². The summed E-state index contributed by atoms with van der Waals surface area (Å²) in [5.74, 6) is 0.719. The van der Waals surface area contributed by atoms with Crippen LogP contribution < -0.4 is 14.8 Å². The Morgan fingerprint density at radius 3 is 1.90 bits per heavy atom. The first-order valence-electron chi connectivity index (χ1n) is 15.3. The fourth-order valence-electron chi connectivity index (χ4n) is 7.87. The van der Waals surface area contributed by atoms with E-state index in [0.29, 0.717) is 22.2 Å². The normalized spacial score (nSPS) is 19.4. The Morgan fingerprint density at radius 1 is 0.780 bits per heavy atom. The van der Waals surface area contributed by atoms with Crippen LogP contribution in [-0.2, 0) is 15.8 Å². The average Bonchev–Trinajstić information content (AvgIpc) is 3.17. The SMILES string of the molecule is Cc1ccc2c(c1)[Si](C)(C)c1cc(O[Si](C(C)C)(C(C)C)C(C)C)ccc1C21OC(=O)c2ccc(C(C)(C)C)cc21. The molecule has 3 aromatic rings. The van der Waals surface area contributed by atoms with Crippen LogP contribution in [0.1, 0.15) is 100 Å². The minimum atomic E-state index is -2.19. The lowest BCUT2D eigenvalue weighted by molar-refractivity contribution is 0.0255. The molecule has 5 heteroatoms. The minimum Gasteiger partial charge on any atom is -0.543 e. The highest BCUT2D eigenvalue weighted by atomic mass is 28.4. The maximum Gasteiger partial charge on any atom is 0.340 e. The van der Waals surface area contributed by atoms with Crippen LogP contribution in [-0.4, -0.2) is 22.4 Å². The van der Waals surface area contributed by atoms with Gasteiger partial charge in [-0.05, 0) is 69.2 Å². The van der Waals surface area contributed by atoms with Crippen molar-refractivity contribution in [3.8, 4) is 5.75 Å². The summed E-state index contributed by atoms with van der Waals surface area (Å²) >= 11 is 0. The van der Waals surface area contributed by atoms with Crippen molar-refractivity contribution >= 4 is 32.7 Å². The molecule has 2 aliphatic heterocycles. The van der Waals surface area contributed by atoms with E-state index in [1.54, 1.807) is 0 Å². The summed E-state index contributed by atoms with van der Waals surface area (Å²) in [5.41, 5.74) is 6.72. The number of benzene rings is 3. The zero-order chi connectivity index (χ0) is 30.3. The molecule has 218 valence electrons. The molecule has 2 aliphatic rings. The minimum absolute atomic E-state index is 0.0559. The number of esters is 1. The molecule has 5 rings (SSSR count). The van der Waals surface area contributed by atoms with Gasteiger partial charge >= 0.3 is 5.97 Å². The summed E-state index contributed by atoms with van der Waals surface area (Å²) in [5, 5.41) is 2.64. The van der Waals surface area contributed by atoms with Crippen LogP contribution in [0.25, 0.3) is 0 Å². The van der Waals surface area contributed by atoms with Crippen LogP contribution in [0.5, 0.6) is 5.75 Å². The van der Waals surface area contributed by atoms with Crippen LogP contribution in [0.15, 0.2) is 54.6 Å². The zero-order valence-electron chi connectivity index (χ0n) is 27.2. The second-order valence-electron chi connectivity index (χ2n) is 14.9. The van der Waals surface area contributed by atoms with E-state index in [9.17, 15) is 4.79 Å². The number of rotatable bonds is 5. The smallest absolute Gasteiger partial charge is 0.340 e. The van der Waals surface area contributed by atoms with Crippen LogP contribution in [0.2, 0.25) is 29.7 Å². The molecule has 0 bridgehead atoms. The summed E-state index contributed by atoms with van der Waals surface area (Å²) in [6, 6.07) is 19.7. The summed E-state index contributed by atoms with van der Waals surface area (Å²) in [6.45, 7) is 27.7. The summed E-state index contributed by atoms with van der Waals surface area (Å²) in [7, 11) is -4.34. The number of hydrogen-bond donors (Lipinski definition) is 0. The average molecular weight is 585 g/mol. The Hall–Kier alpha value is -2.64. The predicted molar refractivity (Wildman–Crippen MR) is 176 cm³/mol. The van der Waals surface area contributed by atoms with Crippen molar-refractivity contribution in [3.05, 3.63) is 88.0 Å². The first kappa shape index (κ1) is 29.8. The fraction of sp³-hybridized carbons (Fsp3) is 0.472. The molecule has 2 heterocycles. The third-order valence-electron chi connectivity index (χ3n) is 10.0. The van der Waals surface area contributed by atoms with Gasteiger partial charge in [0.05, 0.1) is 5.56 Å². The lowest BCUT2D eigenvalue weighted by Gasteiger charge is -2.45. The third kappa shape index (κ3) is 4.29. The van der Waals surface area contributed by atoms with Crippen LogP contribution in [0, 0.1) is 6.92 Å². The van der Waals surface area contributed by atoms with E-state index < -0.39 is 22.0 Å². The molecule has 3 aromatic carbocycles. The van der Waals surface area contributed by atoms with Gasteiger partial charge in [-0.2, -0.15) is 0 Å². The van der Waals surface area contributed by atoms with Gasteiger partial charge in [-0.15, -0.1) is 0 Å². The lowest BCUT2D eigenvalue weighted by atomic mass is 9.76. The molecule has 0 fully saturated rings. The Labute approximate surface area is 249 Å². The number of fused-ring (bicyclic) bond motifs is 6. The van der Waals surface area contributed by atoms with Gasteiger partial charge in [-0.1, -0.05) is 111 Å². The largest absolute Gasteiger partial charge is 0.543 e. The summed E-state index contributed by atoms with van der Waals surface area (Å²) < 4.78 is 13.8. The Morgan fingerprint density at radius 2 is 1.34 bits per heavy atom. The molecular formula is C36H48O3Si2. The second kappa shape index (κ2) is 9.70. The highest BCUT2D eigenvalue weighted by Crippen LogP contribution is 2.50. The molecule has 1 spiro atoms. The molecule has 0 N–H and O–H groups in total. The van der Waals surface area contributed by atoms with Crippen LogP contribution in [0.3, 0.4) is 0 Å². The van der Waals surface area contributed by atoms with Crippen molar-refractivity contribution in [1.29, 1.82) is 0 Å². The predicted octanol–water partition coefficient (Wildman–Crippen LogP) is 8.45. The van der Waals surface area contributed by atoms with E-state index in [2.05, 4.69) is 131 Å². The molecule has 0 radical (unpaired) electrons. The molecule has 41 heavy (non-hydrogen) atoms. The summed E-state index contributed by atoms with van der Waals surface area (Å²) in [4.78, 5) is 13.6. The number of ether oxygens (including phenoxy) is 1. The monoisotopic (exact) mass is 584 g/mol. The number of aryl methyl sites for hydroxylation is 1. The lowest BCUT2D eigenvalue weighted by Crippen LogP contribution is -2.63. The van der Waals surface area contributed by atoms with Crippen LogP contribution in [0.4, 0.5) is 0 Å². The molecule has 3 nitrogen and oxygen atoms in total. The summed E-state index contributed by atoms with van der Waals surface area (Å²) in [6.07, 6.45) is 0. The van der Waals surface area contributed by atoms with Crippen molar-refractivity contribution in [2.75, 3.05) is 0 Å². The van der Waals surface area contributed by atoms with Gasteiger partial charge < -0.3 is 9.16 Å². The van der Waals surface area contributed by atoms with Gasteiger partial charge in [0, 0.05) is 16.7 Å². The highest BCUT2D eigenvalue weighted by molar-refractivity contribution is 7.01. The van der Waals surface area contributed by atoms with E-state index in [1.165, 1.54) is 21.5 Å². The van der Waals surface area contributed by atoms with Crippen molar-refractivity contribution in [2.45, 2.75) is 110 Å². The molecular weight excluding hydrogens is 537 g/mol. The number of carbonyl (C=O) groups is 1. The zero-order valence-corrected chi connectivity index (χ0v) is 29.2. The fourth-order valence-corrected chi connectivity index (χ4v) is 16.4. The number of carbonyl (C=O) groups excluding carboxylic acids is 1. The topological polar surface area (TPSA) is 35.5 Å². The van der Waals surface area contributed by atoms with Gasteiger partial charge in [0.2, 0.25) is 0 Å². The van der Waals surface area contributed by atoms with Gasteiger partial charge in [0.1, 0.15) is 13.8 Å². The van der Waals surface area contributed by atoms with E-state index in [1.807, 2.05) is 6.07 Å². The quantitative estimate of drug-likeness (QED) is 0.223. The number of hydrogen-bond acceptors (Lipinski definition) is 3. The molecule has 1 unspecified atom stereocenters. The van der Waals surface area contributed by atoms with Crippen molar-refractivity contribution < 1.29 is 14.0 Å². The van der Waals surface area contributed by atoms with Crippen molar-refractivity contribution in [2.24, 2.45) is 0 Å². The first-order valence-corrected chi connectivity index (χ1v) is 20.5. The molecule has 0 aliphatic carbocycles. The van der Waals surface area contributed by atoms with E-state index in [4.69, 9.17) is 9.16 Å². The van der Waals surface area contributed by atoms with E-state index in [0.717, 1.165) is 22.4 Å². The molecule has 0 amide bonds. The van der Waals surface area contributed by atoms with Crippen LogP contribution >= 0.6 is 0 Å². The molecule has 0 saturated heterocycles. The highest BCUT2D eigenvalue weighted by Gasteiger charge is 2.56. The Balaban J connectivity index is 1.81. The van der Waals surface area contributed by atoms with Gasteiger partial charge in [0.15, 0.2) is 5.60 Å². The van der Waals surface area contributed by atoms with Gasteiger partial charge in [-0.25, -0.2) is 4.79 Å². The first-order chi connectivity index (χ1) is 19.0. The maximum absolute atomic E-state index is 13.6. The van der Waals surface area contributed by atoms with E-state index >= 15 is 0 Å². The third-order valence-corrected chi connectivity index (χ3v) is 19.5. The molecule has 0 aromatic heterocycles.